The fraction of sp³-hybridized carbons (Fsp3) is 0.125. The molecule has 1 amide bonds. The lowest BCUT2D eigenvalue weighted by Crippen LogP contribution is -2.34. The lowest BCUT2D eigenvalue weighted by molar-refractivity contribution is 0.0983. The standard InChI is InChI=1S/C24H20N6O2/c1-3-29(19-13-14-25-15-26-19)23(31)21-20-17-11-7-8-12-18(17)28(2)22(20)24(32)30(27-21)16-9-5-4-6-10-16/h4-15H,3H2,1-2H3. The normalized spacial score (nSPS) is 11.2. The molecule has 158 valence electrons. The highest BCUT2D eigenvalue weighted by Crippen LogP contribution is 2.29. The van der Waals surface area contributed by atoms with Crippen LogP contribution in [0.3, 0.4) is 0 Å². The smallest absolute Gasteiger partial charge is 0.296 e. The fourth-order valence-corrected chi connectivity index (χ4v) is 4.05. The van der Waals surface area contributed by atoms with Gasteiger partial charge in [-0.25, -0.2) is 9.97 Å². The second-order valence-electron chi connectivity index (χ2n) is 7.32. The molecule has 3 aromatic heterocycles. The van der Waals surface area contributed by atoms with Crippen LogP contribution in [0.25, 0.3) is 27.5 Å². The first-order chi connectivity index (χ1) is 15.6. The molecule has 8 nitrogen and oxygen atoms in total. The molecule has 0 aliphatic heterocycles. The summed E-state index contributed by atoms with van der Waals surface area (Å²) in [5.74, 6) is 0.136. The summed E-state index contributed by atoms with van der Waals surface area (Å²) in [6, 6.07) is 18.4. The summed E-state index contributed by atoms with van der Waals surface area (Å²) in [6.45, 7) is 2.25. The SMILES string of the molecule is CCN(C(=O)c1nn(-c2ccccc2)c(=O)c2c1c1ccccc1n2C)c1ccncn1. The number of hydrogen-bond acceptors (Lipinski definition) is 5. The van der Waals surface area contributed by atoms with E-state index in [-0.39, 0.29) is 17.2 Å². The number of anilines is 1. The van der Waals surface area contributed by atoms with Crippen molar-refractivity contribution in [2.45, 2.75) is 6.92 Å². The Hall–Kier alpha value is -4.33. The van der Waals surface area contributed by atoms with Crippen LogP contribution in [-0.2, 0) is 7.05 Å². The van der Waals surface area contributed by atoms with E-state index in [0.29, 0.717) is 29.0 Å². The first-order valence-electron chi connectivity index (χ1n) is 10.3. The van der Waals surface area contributed by atoms with Crippen LogP contribution in [0.4, 0.5) is 5.82 Å². The lowest BCUT2D eigenvalue weighted by Gasteiger charge is -2.20. The molecule has 0 fully saturated rings. The van der Waals surface area contributed by atoms with E-state index in [4.69, 9.17) is 0 Å². The van der Waals surface area contributed by atoms with Crippen molar-refractivity contribution in [2.75, 3.05) is 11.4 Å². The Kier molecular flexibility index (Phi) is 4.74. The van der Waals surface area contributed by atoms with E-state index in [2.05, 4.69) is 15.1 Å². The maximum absolute atomic E-state index is 13.8. The van der Waals surface area contributed by atoms with E-state index in [0.717, 1.165) is 10.9 Å². The molecule has 0 aliphatic carbocycles. The Bertz CT molecular complexity index is 1510. The summed E-state index contributed by atoms with van der Waals surface area (Å²) in [6.07, 6.45) is 2.99. The summed E-state index contributed by atoms with van der Waals surface area (Å²) in [5.41, 5.74) is 1.77. The predicted molar refractivity (Wildman–Crippen MR) is 123 cm³/mol. The number of hydrogen-bond donors (Lipinski definition) is 0. The topological polar surface area (TPSA) is 85.9 Å². The number of aromatic nitrogens is 5. The number of amides is 1. The maximum atomic E-state index is 13.8. The average Bonchev–Trinajstić information content (AvgIpc) is 3.14. The van der Waals surface area contributed by atoms with Crippen LogP contribution < -0.4 is 10.5 Å². The molecule has 0 bridgehead atoms. The number of rotatable bonds is 4. The highest BCUT2D eigenvalue weighted by molar-refractivity contribution is 6.19. The molecule has 0 radical (unpaired) electrons. The molecule has 0 N–H and O–H groups in total. The number of carbonyl (C=O) groups is 1. The second kappa shape index (κ2) is 7.73. The summed E-state index contributed by atoms with van der Waals surface area (Å²) in [5, 5.41) is 5.93. The van der Waals surface area contributed by atoms with Crippen LogP contribution in [0.15, 0.2) is 78.0 Å². The van der Waals surface area contributed by atoms with Crippen LogP contribution >= 0.6 is 0 Å². The summed E-state index contributed by atoms with van der Waals surface area (Å²) in [4.78, 5) is 37.1. The van der Waals surface area contributed by atoms with Gasteiger partial charge in [0.15, 0.2) is 5.69 Å². The third-order valence-electron chi connectivity index (χ3n) is 5.55. The minimum absolute atomic E-state index is 0.195. The number of nitrogens with zero attached hydrogens (tertiary/aromatic N) is 6. The number of aryl methyl sites for hydroxylation is 1. The third kappa shape index (κ3) is 2.96. The molecule has 0 atom stereocenters. The van der Waals surface area contributed by atoms with E-state index in [1.54, 1.807) is 24.4 Å². The minimum Gasteiger partial charge on any atom is -0.339 e. The molecule has 5 rings (SSSR count). The van der Waals surface area contributed by atoms with Gasteiger partial charge in [0.25, 0.3) is 11.5 Å². The molecular formula is C24H20N6O2. The molecule has 0 saturated carbocycles. The van der Waals surface area contributed by atoms with Crippen molar-refractivity contribution in [3.63, 3.8) is 0 Å². The number of fused-ring (bicyclic) bond motifs is 3. The van der Waals surface area contributed by atoms with Crippen molar-refractivity contribution in [2.24, 2.45) is 7.05 Å². The van der Waals surface area contributed by atoms with Crippen molar-refractivity contribution in [1.29, 1.82) is 0 Å². The second-order valence-corrected chi connectivity index (χ2v) is 7.32. The average molecular weight is 424 g/mol. The van der Waals surface area contributed by atoms with Gasteiger partial charge in [0.2, 0.25) is 0 Å². The number of para-hydroxylation sites is 2. The van der Waals surface area contributed by atoms with Crippen molar-refractivity contribution in [1.82, 2.24) is 24.3 Å². The maximum Gasteiger partial charge on any atom is 0.296 e. The van der Waals surface area contributed by atoms with E-state index in [9.17, 15) is 9.59 Å². The first kappa shape index (κ1) is 19.6. The quantitative estimate of drug-likeness (QED) is 0.442. The van der Waals surface area contributed by atoms with E-state index in [1.807, 2.05) is 61.0 Å². The van der Waals surface area contributed by atoms with Crippen LogP contribution in [0.5, 0.6) is 0 Å². The zero-order valence-corrected chi connectivity index (χ0v) is 17.6. The fourth-order valence-electron chi connectivity index (χ4n) is 4.05. The van der Waals surface area contributed by atoms with Crippen LogP contribution in [0, 0.1) is 0 Å². The monoisotopic (exact) mass is 424 g/mol. The lowest BCUT2D eigenvalue weighted by atomic mass is 10.1. The van der Waals surface area contributed by atoms with Gasteiger partial charge in [-0.1, -0.05) is 36.4 Å². The van der Waals surface area contributed by atoms with Gasteiger partial charge in [-0.15, -0.1) is 0 Å². The Balaban J connectivity index is 1.87. The zero-order chi connectivity index (χ0) is 22.2. The molecule has 3 heterocycles. The van der Waals surface area contributed by atoms with Gasteiger partial charge in [0, 0.05) is 36.1 Å². The summed E-state index contributed by atoms with van der Waals surface area (Å²) in [7, 11) is 1.83. The van der Waals surface area contributed by atoms with Crippen LogP contribution in [0.1, 0.15) is 17.4 Å². The van der Waals surface area contributed by atoms with E-state index >= 15 is 0 Å². The highest BCUT2D eigenvalue weighted by atomic mass is 16.2. The van der Waals surface area contributed by atoms with Crippen LogP contribution in [0.2, 0.25) is 0 Å². The van der Waals surface area contributed by atoms with Gasteiger partial charge in [-0.05, 0) is 31.2 Å². The van der Waals surface area contributed by atoms with Gasteiger partial charge in [0.1, 0.15) is 17.7 Å². The van der Waals surface area contributed by atoms with Gasteiger partial charge < -0.3 is 4.57 Å². The van der Waals surface area contributed by atoms with Crippen LogP contribution in [-0.4, -0.2) is 36.8 Å². The van der Waals surface area contributed by atoms with Gasteiger partial charge >= 0.3 is 0 Å². The van der Waals surface area contributed by atoms with Crippen molar-refractivity contribution in [3.05, 3.63) is 89.2 Å². The molecular weight excluding hydrogens is 404 g/mol. The molecule has 0 unspecified atom stereocenters. The van der Waals surface area contributed by atoms with Gasteiger partial charge in [-0.2, -0.15) is 9.78 Å². The molecule has 8 heteroatoms. The minimum atomic E-state index is -0.336. The molecule has 5 aromatic rings. The molecule has 0 spiro atoms. The van der Waals surface area contributed by atoms with Crippen molar-refractivity contribution >= 4 is 33.5 Å². The zero-order valence-electron chi connectivity index (χ0n) is 17.6. The van der Waals surface area contributed by atoms with E-state index < -0.39 is 0 Å². The number of benzene rings is 2. The Morgan fingerprint density at radius 2 is 1.78 bits per heavy atom. The largest absolute Gasteiger partial charge is 0.339 e. The first-order valence-corrected chi connectivity index (χ1v) is 10.3. The van der Waals surface area contributed by atoms with Crippen molar-refractivity contribution < 1.29 is 4.79 Å². The van der Waals surface area contributed by atoms with Gasteiger partial charge in [0.05, 0.1) is 5.69 Å². The Morgan fingerprint density at radius 3 is 2.50 bits per heavy atom. The molecule has 32 heavy (non-hydrogen) atoms. The Morgan fingerprint density at radius 1 is 1.03 bits per heavy atom. The number of carbonyl (C=O) groups excluding carboxylic acids is 1. The molecule has 0 aliphatic rings. The summed E-state index contributed by atoms with van der Waals surface area (Å²) < 4.78 is 3.12. The van der Waals surface area contributed by atoms with E-state index in [1.165, 1.54) is 15.9 Å². The molecule has 2 aromatic carbocycles. The Labute approximate surface area is 183 Å². The van der Waals surface area contributed by atoms with Gasteiger partial charge in [-0.3, -0.25) is 14.5 Å². The highest BCUT2D eigenvalue weighted by Gasteiger charge is 2.27. The predicted octanol–water partition coefficient (Wildman–Crippen LogP) is 3.33. The summed E-state index contributed by atoms with van der Waals surface area (Å²) >= 11 is 0. The van der Waals surface area contributed by atoms with Crippen molar-refractivity contribution in [3.8, 4) is 5.69 Å². The molecule has 0 saturated heterocycles. The third-order valence-corrected chi connectivity index (χ3v) is 5.55.